The third-order valence-electron chi connectivity index (χ3n) is 10.2. The van der Waals surface area contributed by atoms with Crippen LogP contribution in [0.15, 0.2) is 29.1 Å². The number of carbonyl (C=O) groups excluding carboxylic acids is 2. The summed E-state index contributed by atoms with van der Waals surface area (Å²) in [5, 5.41) is 3.86. The lowest BCUT2D eigenvalue weighted by atomic mass is 9.49. The predicted molar refractivity (Wildman–Crippen MR) is 135 cm³/mol. The third-order valence-corrected chi connectivity index (χ3v) is 10.5. The highest BCUT2D eigenvalue weighted by Gasteiger charge is 2.60. The van der Waals surface area contributed by atoms with Crippen LogP contribution < -0.4 is 5.32 Å². The Morgan fingerprint density at radius 3 is 2.89 bits per heavy atom. The minimum atomic E-state index is -0.0330. The van der Waals surface area contributed by atoms with Crippen molar-refractivity contribution in [2.24, 2.45) is 34.5 Å². The van der Waals surface area contributed by atoms with Gasteiger partial charge in [-0.1, -0.05) is 25.4 Å². The number of aromatic amines is 1. The highest BCUT2D eigenvalue weighted by atomic mass is 35.5. The summed E-state index contributed by atoms with van der Waals surface area (Å²) in [7, 11) is 1.90. The number of hydrogen-bond acceptors (Lipinski definition) is 4. The first-order chi connectivity index (χ1) is 16.7. The average molecular weight is 496 g/mol. The number of allylic oxidation sites excluding steroid dienone is 2. The van der Waals surface area contributed by atoms with Gasteiger partial charge in [0.05, 0.1) is 0 Å². The molecule has 2 N–H and O–H groups in total. The summed E-state index contributed by atoms with van der Waals surface area (Å²) in [5.41, 5.74) is 2.61. The van der Waals surface area contributed by atoms with Crippen LogP contribution in [0.1, 0.15) is 65.2 Å². The second-order valence-electron chi connectivity index (χ2n) is 11.7. The number of fused-ring (bicyclic) bond motifs is 6. The molecule has 2 saturated carbocycles. The molecule has 35 heavy (non-hydrogen) atoms. The second-order valence-corrected chi connectivity index (χ2v) is 12.2. The van der Waals surface area contributed by atoms with Crippen molar-refractivity contribution in [3.05, 3.63) is 29.1 Å². The van der Waals surface area contributed by atoms with Crippen LogP contribution in [-0.2, 0) is 9.59 Å². The number of halogens is 1. The first kappa shape index (κ1) is 23.0. The number of nitrogens with zero attached hydrogens (tertiary/aromatic N) is 3. The largest absolute Gasteiger partial charge is 0.318 e. The molecule has 0 aromatic carbocycles. The van der Waals surface area contributed by atoms with Crippen molar-refractivity contribution in [3.63, 3.8) is 0 Å². The molecule has 1 saturated heterocycles. The summed E-state index contributed by atoms with van der Waals surface area (Å²) in [6, 6.07) is 3.72. The zero-order valence-corrected chi connectivity index (χ0v) is 21.5. The maximum absolute atomic E-state index is 13.0. The maximum Gasteiger partial charge on any atom is 0.226 e. The van der Waals surface area contributed by atoms with Crippen LogP contribution in [0.5, 0.6) is 0 Å². The molecule has 0 bridgehead atoms. The minimum Gasteiger partial charge on any atom is -0.318 e. The first-order valence-corrected chi connectivity index (χ1v) is 13.3. The van der Waals surface area contributed by atoms with Gasteiger partial charge in [0.2, 0.25) is 17.8 Å². The number of rotatable bonds is 3. The Hall–Kier alpha value is -2.41. The summed E-state index contributed by atoms with van der Waals surface area (Å²) < 4.78 is 0. The van der Waals surface area contributed by atoms with Gasteiger partial charge in [0.25, 0.3) is 0 Å². The fraction of sp³-hybridized carbons (Fsp3) is 0.630. The Kier molecular flexibility index (Phi) is 5.30. The smallest absolute Gasteiger partial charge is 0.226 e. The Morgan fingerprint density at radius 1 is 1.26 bits per heavy atom. The third kappa shape index (κ3) is 3.45. The van der Waals surface area contributed by atoms with Crippen LogP contribution in [0, 0.1) is 34.5 Å². The molecule has 8 heteroatoms. The van der Waals surface area contributed by atoms with E-state index in [1.165, 1.54) is 0 Å². The summed E-state index contributed by atoms with van der Waals surface area (Å²) in [5.74, 6) is 2.64. The van der Waals surface area contributed by atoms with E-state index in [4.69, 9.17) is 11.6 Å². The topological polar surface area (TPSA) is 91.0 Å². The van der Waals surface area contributed by atoms with E-state index >= 15 is 0 Å². The van der Waals surface area contributed by atoms with E-state index in [0.29, 0.717) is 48.1 Å². The molecule has 3 unspecified atom stereocenters. The van der Waals surface area contributed by atoms with Crippen molar-refractivity contribution in [2.45, 2.75) is 65.2 Å². The lowest BCUT2D eigenvalue weighted by Gasteiger charge is -2.59. The molecule has 2 aromatic heterocycles. The molecule has 6 atom stereocenters. The van der Waals surface area contributed by atoms with E-state index < -0.39 is 0 Å². The summed E-state index contributed by atoms with van der Waals surface area (Å²) in [4.78, 5) is 39.1. The van der Waals surface area contributed by atoms with E-state index in [9.17, 15) is 9.59 Å². The summed E-state index contributed by atoms with van der Waals surface area (Å²) in [6.45, 7) is 4.76. The van der Waals surface area contributed by atoms with E-state index in [1.54, 1.807) is 6.20 Å². The number of imidazole rings is 1. The normalized spacial score (nSPS) is 36.7. The van der Waals surface area contributed by atoms with Gasteiger partial charge >= 0.3 is 0 Å². The number of piperidine rings is 1. The SMILES string of the molecule is CN1C(=O)CC[C@@]2(C)C1=C(Cl)CC1C2CC[C@@]2(C)C1CC[C@@H]2CC(=O)Nc1nc2cccnc2[nH]1. The summed E-state index contributed by atoms with van der Waals surface area (Å²) >= 11 is 6.95. The quantitative estimate of drug-likeness (QED) is 0.591. The van der Waals surface area contributed by atoms with Gasteiger partial charge in [-0.05, 0) is 79.7 Å². The molecule has 7 nitrogen and oxygen atoms in total. The van der Waals surface area contributed by atoms with Gasteiger partial charge in [0, 0.05) is 42.2 Å². The van der Waals surface area contributed by atoms with E-state index in [1.807, 2.05) is 24.1 Å². The molecule has 2 amide bonds. The monoisotopic (exact) mass is 495 g/mol. The number of H-pyrrole nitrogens is 1. The lowest BCUT2D eigenvalue weighted by Crippen LogP contribution is -2.54. The van der Waals surface area contributed by atoms with Crippen LogP contribution in [-0.4, -0.2) is 38.7 Å². The van der Waals surface area contributed by atoms with E-state index in [2.05, 4.69) is 34.1 Å². The Labute approximate surface area is 211 Å². The molecule has 0 radical (unpaired) electrons. The lowest BCUT2D eigenvalue weighted by molar-refractivity contribution is -0.136. The van der Waals surface area contributed by atoms with Gasteiger partial charge in [0.15, 0.2) is 5.65 Å². The number of amides is 2. The Bertz CT molecular complexity index is 1210. The van der Waals surface area contributed by atoms with Gasteiger partial charge in [-0.25, -0.2) is 9.97 Å². The first-order valence-electron chi connectivity index (χ1n) is 13.0. The predicted octanol–water partition coefficient (Wildman–Crippen LogP) is 5.46. The van der Waals surface area contributed by atoms with Crippen molar-refractivity contribution < 1.29 is 9.59 Å². The molecule has 3 heterocycles. The molecular weight excluding hydrogens is 462 g/mol. The van der Waals surface area contributed by atoms with Crippen LogP contribution in [0.4, 0.5) is 5.95 Å². The van der Waals surface area contributed by atoms with Crippen molar-refractivity contribution in [3.8, 4) is 0 Å². The molecule has 0 spiro atoms. The number of pyridine rings is 1. The van der Waals surface area contributed by atoms with Crippen LogP contribution >= 0.6 is 11.6 Å². The van der Waals surface area contributed by atoms with Crippen molar-refractivity contribution in [1.82, 2.24) is 19.9 Å². The number of anilines is 1. The fourth-order valence-corrected chi connectivity index (χ4v) is 8.96. The van der Waals surface area contributed by atoms with Gasteiger partial charge in [-0.3, -0.25) is 14.9 Å². The van der Waals surface area contributed by atoms with Gasteiger partial charge < -0.3 is 9.88 Å². The maximum atomic E-state index is 13.0. The van der Waals surface area contributed by atoms with Crippen molar-refractivity contribution in [1.29, 1.82) is 0 Å². The zero-order chi connectivity index (χ0) is 24.5. The van der Waals surface area contributed by atoms with E-state index in [0.717, 1.165) is 54.8 Å². The van der Waals surface area contributed by atoms with Gasteiger partial charge in [-0.2, -0.15) is 0 Å². The van der Waals surface area contributed by atoms with Crippen LogP contribution in [0.25, 0.3) is 11.2 Å². The molecular formula is C27H34ClN5O2. The standard InChI is InChI=1S/C27H34ClN5O2/c1-26-10-8-18-16(14-19(28)23-27(18,2)11-9-22(35)33(23)3)17(26)7-6-15(26)13-21(34)31-25-30-20-5-4-12-29-24(20)32-25/h4-5,12,15-18H,6-11,13-14H2,1-3H3,(H2,29,30,31,32,34)/t15-,16?,17?,18?,26-,27-/m1/s1. The number of hydrogen-bond donors (Lipinski definition) is 2. The molecule has 3 aliphatic carbocycles. The summed E-state index contributed by atoms with van der Waals surface area (Å²) in [6.07, 6.45) is 9.06. The average Bonchev–Trinajstić information content (AvgIpc) is 3.37. The van der Waals surface area contributed by atoms with Gasteiger partial charge in [0.1, 0.15) is 5.52 Å². The van der Waals surface area contributed by atoms with Crippen LogP contribution in [0.2, 0.25) is 0 Å². The molecule has 1 aliphatic heterocycles. The fourth-order valence-electron chi connectivity index (χ4n) is 8.43. The number of nitrogens with one attached hydrogen (secondary N) is 2. The van der Waals surface area contributed by atoms with Crippen molar-refractivity contribution in [2.75, 3.05) is 12.4 Å². The molecule has 2 aromatic rings. The minimum absolute atomic E-state index is 0.0151. The van der Waals surface area contributed by atoms with Crippen LogP contribution in [0.3, 0.4) is 0 Å². The van der Waals surface area contributed by atoms with Gasteiger partial charge in [-0.15, -0.1) is 0 Å². The molecule has 186 valence electrons. The number of carbonyl (C=O) groups is 2. The number of aromatic nitrogens is 3. The molecule has 3 fully saturated rings. The second kappa shape index (κ2) is 8.05. The van der Waals surface area contributed by atoms with Crippen molar-refractivity contribution >= 4 is 40.5 Å². The molecule has 4 aliphatic rings. The zero-order valence-electron chi connectivity index (χ0n) is 20.7. The highest BCUT2D eigenvalue weighted by Crippen LogP contribution is 2.67. The molecule has 6 rings (SSSR count). The van der Waals surface area contributed by atoms with E-state index in [-0.39, 0.29) is 22.6 Å². The number of likely N-dealkylation sites (tertiary alicyclic amines) is 1. The highest BCUT2D eigenvalue weighted by molar-refractivity contribution is 6.30. The Morgan fingerprint density at radius 2 is 2.09 bits per heavy atom. The Balaban J connectivity index is 1.20.